The summed E-state index contributed by atoms with van der Waals surface area (Å²) < 4.78 is 53.3. The number of anilines is 1. The molecule has 23 heavy (non-hydrogen) atoms. The first-order valence-corrected chi connectivity index (χ1v) is 8.57. The fourth-order valence-electron chi connectivity index (χ4n) is 2.34. The van der Waals surface area contributed by atoms with Crippen LogP contribution in [-0.2, 0) is 11.2 Å². The molecule has 1 saturated heterocycles. The maximum absolute atomic E-state index is 14.1. The van der Waals surface area contributed by atoms with Gasteiger partial charge < -0.3 is 10.6 Å². The van der Waals surface area contributed by atoms with E-state index in [1.54, 1.807) is 18.2 Å². The molecule has 0 atom stereocenters. The van der Waals surface area contributed by atoms with Gasteiger partial charge in [0, 0.05) is 13.1 Å². The zero-order valence-corrected chi connectivity index (χ0v) is 14.5. The molecule has 0 radical (unpaired) electrons. The summed E-state index contributed by atoms with van der Waals surface area (Å²) in [6.45, 7) is -0.119. The van der Waals surface area contributed by atoms with Crippen LogP contribution in [0.2, 0.25) is 0 Å². The van der Waals surface area contributed by atoms with E-state index >= 15 is 0 Å². The lowest BCUT2D eigenvalue weighted by Gasteiger charge is -2.33. The van der Waals surface area contributed by atoms with Gasteiger partial charge in [-0.15, -0.1) is 11.3 Å². The van der Waals surface area contributed by atoms with E-state index < -0.39 is 24.2 Å². The van der Waals surface area contributed by atoms with E-state index in [4.69, 9.17) is 0 Å². The number of hydrogen-bond acceptors (Lipinski definition) is 3. The second-order valence-corrected chi connectivity index (χ2v) is 8.18. The number of benzene rings is 1. The minimum absolute atomic E-state index is 0.0594. The molecule has 1 aliphatic rings. The van der Waals surface area contributed by atoms with Gasteiger partial charge in [0.1, 0.15) is 0 Å². The van der Waals surface area contributed by atoms with Crippen LogP contribution in [0.4, 0.5) is 23.2 Å². The van der Waals surface area contributed by atoms with Crippen molar-refractivity contribution in [2.75, 3.05) is 18.4 Å². The smallest absolute Gasteiger partial charge is 0.322 e. The number of halogens is 5. The topological polar surface area (TPSA) is 41.1 Å². The maximum atomic E-state index is 14.1. The molecule has 0 bridgehead atoms. The third kappa shape index (κ3) is 3.31. The summed E-state index contributed by atoms with van der Waals surface area (Å²) in [5.41, 5.74) is -1.43. The Hall–Kier alpha value is -0.940. The Morgan fingerprint density at radius 1 is 1.39 bits per heavy atom. The standard InChI is InChI=1S/C14H11F4IN2OS/c15-13(5-20-6-13)12(22)21-9-3-1-2-7-8(4-14(16,17)18)11(19)23-10(7)9/h1-3,20H,4-6H2,(H,21,22). The lowest BCUT2D eigenvalue weighted by molar-refractivity contribution is -0.130. The summed E-state index contributed by atoms with van der Waals surface area (Å²) in [7, 11) is 0. The van der Waals surface area contributed by atoms with Gasteiger partial charge in [-0.25, -0.2) is 4.39 Å². The van der Waals surface area contributed by atoms with Crippen molar-refractivity contribution < 1.29 is 22.4 Å². The lowest BCUT2D eigenvalue weighted by atomic mass is 9.98. The molecule has 2 heterocycles. The summed E-state index contributed by atoms with van der Waals surface area (Å²) in [5, 5.41) is 5.63. The molecule has 1 aromatic heterocycles. The Balaban J connectivity index is 1.96. The number of rotatable bonds is 3. The molecule has 1 aromatic carbocycles. The van der Waals surface area contributed by atoms with Crippen LogP contribution < -0.4 is 10.6 Å². The average molecular weight is 458 g/mol. The van der Waals surface area contributed by atoms with Crippen molar-refractivity contribution in [3.05, 3.63) is 26.6 Å². The number of thiophene rings is 1. The second-order valence-electron chi connectivity index (χ2n) is 5.35. The number of alkyl halides is 4. The number of fused-ring (bicyclic) bond motifs is 1. The van der Waals surface area contributed by atoms with Crippen molar-refractivity contribution in [1.29, 1.82) is 0 Å². The number of carbonyl (C=O) groups excluding carboxylic acids is 1. The first-order valence-electron chi connectivity index (χ1n) is 6.67. The van der Waals surface area contributed by atoms with E-state index in [9.17, 15) is 22.4 Å². The highest BCUT2D eigenvalue weighted by Crippen LogP contribution is 2.40. The van der Waals surface area contributed by atoms with Crippen LogP contribution in [0.5, 0.6) is 0 Å². The molecular weight excluding hydrogens is 447 g/mol. The Kier molecular flexibility index (Phi) is 4.30. The predicted molar refractivity (Wildman–Crippen MR) is 89.6 cm³/mol. The van der Waals surface area contributed by atoms with Crippen molar-refractivity contribution in [1.82, 2.24) is 5.32 Å². The SMILES string of the molecule is O=C(Nc1cccc2c(CC(F)(F)F)c(I)sc12)C1(F)CNC1. The number of carbonyl (C=O) groups is 1. The molecule has 1 fully saturated rings. The molecule has 1 aliphatic heterocycles. The van der Waals surface area contributed by atoms with Gasteiger partial charge in [0.25, 0.3) is 5.91 Å². The molecule has 0 aliphatic carbocycles. The monoisotopic (exact) mass is 458 g/mol. The minimum Gasteiger partial charge on any atom is -0.322 e. The lowest BCUT2D eigenvalue weighted by Crippen LogP contribution is -2.62. The Morgan fingerprint density at radius 2 is 2.09 bits per heavy atom. The number of nitrogens with one attached hydrogen (secondary N) is 2. The fraction of sp³-hybridized carbons (Fsp3) is 0.357. The van der Waals surface area contributed by atoms with Gasteiger partial charge in [-0.3, -0.25) is 4.79 Å². The van der Waals surface area contributed by atoms with Gasteiger partial charge in [0.05, 0.1) is 19.7 Å². The molecule has 9 heteroatoms. The molecule has 0 spiro atoms. The Labute approximate surface area is 146 Å². The molecule has 0 unspecified atom stereocenters. The van der Waals surface area contributed by atoms with Crippen LogP contribution in [0.3, 0.4) is 0 Å². The third-order valence-electron chi connectivity index (χ3n) is 3.61. The highest BCUT2D eigenvalue weighted by atomic mass is 127. The van der Waals surface area contributed by atoms with Gasteiger partial charge in [-0.05, 0) is 39.6 Å². The third-order valence-corrected chi connectivity index (χ3v) is 5.99. The van der Waals surface area contributed by atoms with Crippen molar-refractivity contribution in [3.63, 3.8) is 0 Å². The maximum Gasteiger partial charge on any atom is 0.393 e. The van der Waals surface area contributed by atoms with Gasteiger partial charge in [0.15, 0.2) is 0 Å². The normalized spacial score (nSPS) is 17.1. The summed E-state index contributed by atoms with van der Waals surface area (Å²) >= 11 is 3.02. The summed E-state index contributed by atoms with van der Waals surface area (Å²) in [5.74, 6) is -0.774. The van der Waals surface area contributed by atoms with E-state index in [1.165, 1.54) is 0 Å². The van der Waals surface area contributed by atoms with Crippen molar-refractivity contribution in [2.24, 2.45) is 0 Å². The zero-order valence-electron chi connectivity index (χ0n) is 11.6. The number of amides is 1. The van der Waals surface area contributed by atoms with Gasteiger partial charge in [-0.1, -0.05) is 12.1 Å². The van der Waals surface area contributed by atoms with E-state index in [0.717, 1.165) is 11.3 Å². The highest BCUT2D eigenvalue weighted by molar-refractivity contribution is 14.1. The number of hydrogen-bond donors (Lipinski definition) is 2. The zero-order chi connectivity index (χ0) is 16.8. The average Bonchev–Trinajstić information content (AvgIpc) is 2.72. The molecule has 124 valence electrons. The first kappa shape index (κ1) is 16.9. The van der Waals surface area contributed by atoms with Crippen LogP contribution in [-0.4, -0.2) is 30.8 Å². The van der Waals surface area contributed by atoms with Gasteiger partial charge in [0.2, 0.25) is 5.67 Å². The largest absolute Gasteiger partial charge is 0.393 e. The predicted octanol–water partition coefficient (Wildman–Crippen LogP) is 3.86. The van der Waals surface area contributed by atoms with Crippen LogP contribution >= 0.6 is 33.9 Å². The van der Waals surface area contributed by atoms with Gasteiger partial charge in [-0.2, -0.15) is 13.2 Å². The van der Waals surface area contributed by atoms with Crippen LogP contribution in [0, 0.1) is 2.88 Å². The van der Waals surface area contributed by atoms with Gasteiger partial charge >= 0.3 is 6.18 Å². The molecule has 3 nitrogen and oxygen atoms in total. The van der Waals surface area contributed by atoms with Crippen LogP contribution in [0.25, 0.3) is 10.1 Å². The second kappa shape index (κ2) is 5.85. The Bertz CT molecular complexity index is 770. The molecule has 2 aromatic rings. The van der Waals surface area contributed by atoms with E-state index in [-0.39, 0.29) is 18.7 Å². The van der Waals surface area contributed by atoms with E-state index in [2.05, 4.69) is 10.6 Å². The molecule has 3 rings (SSSR count). The molecule has 1 amide bonds. The molecule has 2 N–H and O–H groups in total. The van der Waals surface area contributed by atoms with Crippen LogP contribution in [0.1, 0.15) is 5.56 Å². The van der Waals surface area contributed by atoms with Crippen LogP contribution in [0.15, 0.2) is 18.2 Å². The summed E-state index contributed by atoms with van der Waals surface area (Å²) in [6, 6.07) is 4.71. The van der Waals surface area contributed by atoms with E-state index in [1.807, 2.05) is 22.6 Å². The Morgan fingerprint density at radius 3 is 2.65 bits per heavy atom. The molecule has 0 saturated carbocycles. The highest BCUT2D eigenvalue weighted by Gasteiger charge is 2.45. The first-order chi connectivity index (χ1) is 10.7. The summed E-state index contributed by atoms with van der Waals surface area (Å²) in [6.07, 6.45) is -5.34. The fourth-order valence-corrected chi connectivity index (χ4v) is 4.50. The van der Waals surface area contributed by atoms with Crippen molar-refractivity contribution >= 4 is 55.6 Å². The van der Waals surface area contributed by atoms with Crippen molar-refractivity contribution in [3.8, 4) is 0 Å². The minimum atomic E-state index is -4.31. The van der Waals surface area contributed by atoms with E-state index in [0.29, 0.717) is 18.7 Å². The van der Waals surface area contributed by atoms with Crippen molar-refractivity contribution in [2.45, 2.75) is 18.3 Å². The molecular formula is C14H11F4IN2OS. The summed E-state index contributed by atoms with van der Waals surface area (Å²) in [4.78, 5) is 12.0. The quantitative estimate of drug-likeness (QED) is 0.542.